The number of nitrogens with one attached hydrogen (secondary N) is 2. The number of rotatable bonds is 7. The van der Waals surface area contributed by atoms with Gasteiger partial charge in [-0.2, -0.15) is 9.78 Å². The van der Waals surface area contributed by atoms with Crippen LogP contribution in [0.3, 0.4) is 0 Å². The van der Waals surface area contributed by atoms with Gasteiger partial charge < -0.3 is 23.8 Å². The molecule has 0 spiro atoms. The van der Waals surface area contributed by atoms with E-state index in [9.17, 15) is 0 Å². The average molecular weight is 394 g/mol. The number of quaternary nitrogens is 2. The Hall–Kier alpha value is -1.90. The molecule has 148 valence electrons. The van der Waals surface area contributed by atoms with Crippen LogP contribution in [0.25, 0.3) is 0 Å². The molecule has 3 rings (SSSR count). The lowest BCUT2D eigenvalue weighted by Crippen LogP contribution is -3.27. The van der Waals surface area contributed by atoms with Crippen LogP contribution in [0.2, 0.25) is 0 Å². The molecule has 0 bridgehead atoms. The van der Waals surface area contributed by atoms with Gasteiger partial charge in [-0.1, -0.05) is 0 Å². The topological polar surface area (TPSA) is 50.1 Å². The fourth-order valence-electron chi connectivity index (χ4n) is 3.68. The smallest absolute Gasteiger partial charge is 0.202 e. The predicted molar refractivity (Wildman–Crippen MR) is 106 cm³/mol. The zero-order valence-electron chi connectivity index (χ0n) is 16.7. The van der Waals surface area contributed by atoms with Gasteiger partial charge in [0.1, 0.15) is 39.1 Å². The quantitative estimate of drug-likeness (QED) is 0.635. The lowest BCUT2D eigenvalue weighted by atomic mass is 10.1. The van der Waals surface area contributed by atoms with E-state index >= 15 is 0 Å². The van der Waals surface area contributed by atoms with Crippen molar-refractivity contribution < 1.29 is 19.3 Å². The molecule has 1 aliphatic rings. The molecular weight excluding hydrogens is 362 g/mol. The van der Waals surface area contributed by atoms with Crippen LogP contribution in [0.5, 0.6) is 11.5 Å². The average Bonchev–Trinajstić information content (AvgIpc) is 3.04. The molecule has 0 radical (unpaired) electrons. The Bertz CT molecular complexity index is 824. The molecule has 1 aliphatic heterocycles. The van der Waals surface area contributed by atoms with E-state index in [4.69, 9.17) is 21.7 Å². The van der Waals surface area contributed by atoms with E-state index in [1.165, 1.54) is 11.1 Å². The van der Waals surface area contributed by atoms with E-state index in [1.54, 1.807) is 24.0 Å². The minimum absolute atomic E-state index is 0.797. The summed E-state index contributed by atoms with van der Waals surface area (Å²) in [4.78, 5) is 3.15. The van der Waals surface area contributed by atoms with Gasteiger partial charge in [0.25, 0.3) is 0 Å². The first-order valence-corrected chi connectivity index (χ1v) is 9.97. The van der Waals surface area contributed by atoms with Crippen LogP contribution in [0.15, 0.2) is 18.5 Å². The van der Waals surface area contributed by atoms with Crippen molar-refractivity contribution >= 4 is 12.2 Å². The number of piperazine rings is 1. The molecule has 1 fully saturated rings. The second-order valence-electron chi connectivity index (χ2n) is 7.17. The SMILES string of the molecule is CCn1cnn(C[NH+]2CC[NH+](Cc3cc(OC)c(OC)cc3C)CC2)c1=S. The summed E-state index contributed by atoms with van der Waals surface area (Å²) in [7, 11) is 3.37. The largest absolute Gasteiger partial charge is 0.493 e. The van der Waals surface area contributed by atoms with Crippen molar-refractivity contribution in [2.24, 2.45) is 0 Å². The van der Waals surface area contributed by atoms with Gasteiger partial charge >= 0.3 is 0 Å². The zero-order valence-corrected chi connectivity index (χ0v) is 17.6. The van der Waals surface area contributed by atoms with Gasteiger partial charge in [0.2, 0.25) is 4.77 Å². The molecule has 2 heterocycles. The molecule has 0 atom stereocenters. The second-order valence-corrected chi connectivity index (χ2v) is 7.53. The van der Waals surface area contributed by atoms with Crippen molar-refractivity contribution in [1.82, 2.24) is 14.3 Å². The van der Waals surface area contributed by atoms with Crippen LogP contribution in [-0.2, 0) is 19.8 Å². The standard InChI is InChI=1S/C19H29N5O2S/c1-5-23-13-20-24(19(23)27)14-22-8-6-21(7-9-22)12-16-11-18(26-4)17(25-3)10-15(16)2/h10-11,13H,5-9,12,14H2,1-4H3/p+2. The fraction of sp³-hybridized carbons (Fsp3) is 0.579. The van der Waals surface area contributed by atoms with Gasteiger partial charge in [0, 0.05) is 12.1 Å². The summed E-state index contributed by atoms with van der Waals surface area (Å²) in [5, 5.41) is 4.44. The molecule has 0 unspecified atom stereocenters. The Labute approximate surface area is 166 Å². The first-order valence-electron chi connectivity index (χ1n) is 9.56. The van der Waals surface area contributed by atoms with Gasteiger partial charge in [-0.25, -0.2) is 0 Å². The molecule has 1 aromatic carbocycles. The highest BCUT2D eigenvalue weighted by atomic mass is 32.1. The first kappa shape index (κ1) is 19.9. The van der Waals surface area contributed by atoms with Gasteiger partial charge in [-0.15, -0.1) is 0 Å². The van der Waals surface area contributed by atoms with Crippen molar-refractivity contribution in [2.45, 2.75) is 33.6 Å². The Morgan fingerprint density at radius 3 is 2.30 bits per heavy atom. The molecule has 2 aromatic rings. The van der Waals surface area contributed by atoms with Gasteiger partial charge in [-0.05, 0) is 43.8 Å². The molecule has 0 amide bonds. The Morgan fingerprint density at radius 1 is 1.07 bits per heavy atom. The number of benzene rings is 1. The van der Waals surface area contributed by atoms with E-state index < -0.39 is 0 Å². The summed E-state index contributed by atoms with van der Waals surface area (Å²) in [6, 6.07) is 4.19. The summed E-state index contributed by atoms with van der Waals surface area (Å²) >= 11 is 5.48. The van der Waals surface area contributed by atoms with Gasteiger partial charge in [0.05, 0.1) is 14.2 Å². The van der Waals surface area contributed by atoms with Gasteiger partial charge in [-0.3, -0.25) is 0 Å². The normalized spacial score (nSPS) is 19.9. The lowest BCUT2D eigenvalue weighted by molar-refractivity contribution is -1.03. The molecule has 7 nitrogen and oxygen atoms in total. The number of methoxy groups -OCH3 is 2. The number of ether oxygens (including phenoxy) is 2. The maximum Gasteiger partial charge on any atom is 0.202 e. The Morgan fingerprint density at radius 2 is 1.70 bits per heavy atom. The number of nitrogens with zero attached hydrogens (tertiary/aromatic N) is 3. The summed E-state index contributed by atoms with van der Waals surface area (Å²) in [6.07, 6.45) is 1.84. The predicted octanol–water partition coefficient (Wildman–Crippen LogP) is -0.299. The van der Waals surface area contributed by atoms with E-state index in [0.717, 1.165) is 62.2 Å². The van der Waals surface area contributed by atoms with Crippen LogP contribution in [0.4, 0.5) is 0 Å². The number of hydrogen-bond donors (Lipinski definition) is 2. The Balaban J connectivity index is 1.58. The summed E-state index contributed by atoms with van der Waals surface area (Å²) in [5.74, 6) is 1.61. The van der Waals surface area contributed by atoms with Crippen LogP contribution in [0.1, 0.15) is 18.1 Å². The van der Waals surface area contributed by atoms with E-state index in [1.807, 2.05) is 15.6 Å². The molecule has 2 N–H and O–H groups in total. The maximum atomic E-state index is 5.48. The summed E-state index contributed by atoms with van der Waals surface area (Å²) in [5.41, 5.74) is 2.58. The second kappa shape index (κ2) is 8.86. The molecule has 27 heavy (non-hydrogen) atoms. The third-order valence-electron chi connectivity index (χ3n) is 5.46. The highest BCUT2D eigenvalue weighted by Gasteiger charge is 2.24. The highest BCUT2D eigenvalue weighted by molar-refractivity contribution is 7.71. The van der Waals surface area contributed by atoms with Crippen molar-refractivity contribution in [2.75, 3.05) is 40.4 Å². The number of aromatic nitrogens is 3. The third kappa shape index (κ3) is 4.51. The monoisotopic (exact) mass is 393 g/mol. The zero-order chi connectivity index (χ0) is 19.4. The van der Waals surface area contributed by atoms with E-state index in [0.29, 0.717) is 0 Å². The fourth-order valence-corrected chi connectivity index (χ4v) is 3.97. The van der Waals surface area contributed by atoms with E-state index in [-0.39, 0.29) is 0 Å². The summed E-state index contributed by atoms with van der Waals surface area (Å²) in [6.45, 7) is 11.5. The Kier molecular flexibility index (Phi) is 6.51. The molecule has 0 saturated carbocycles. The van der Waals surface area contributed by atoms with Crippen LogP contribution >= 0.6 is 12.2 Å². The van der Waals surface area contributed by atoms with Crippen molar-refractivity contribution in [3.05, 3.63) is 34.4 Å². The highest BCUT2D eigenvalue weighted by Crippen LogP contribution is 2.29. The molecular formula is C19H31N5O2S+2. The van der Waals surface area contributed by atoms with Crippen LogP contribution in [0, 0.1) is 11.7 Å². The van der Waals surface area contributed by atoms with Crippen molar-refractivity contribution in [1.29, 1.82) is 0 Å². The third-order valence-corrected chi connectivity index (χ3v) is 5.90. The van der Waals surface area contributed by atoms with Gasteiger partial charge in [0.15, 0.2) is 18.2 Å². The number of hydrogen-bond acceptors (Lipinski definition) is 4. The molecule has 8 heteroatoms. The lowest BCUT2D eigenvalue weighted by Gasteiger charge is -2.30. The van der Waals surface area contributed by atoms with E-state index in [2.05, 4.69) is 31.1 Å². The molecule has 1 saturated heterocycles. The minimum atomic E-state index is 0.797. The van der Waals surface area contributed by atoms with Crippen LogP contribution < -0.4 is 19.3 Å². The van der Waals surface area contributed by atoms with Crippen molar-refractivity contribution in [3.63, 3.8) is 0 Å². The van der Waals surface area contributed by atoms with Crippen molar-refractivity contribution in [3.8, 4) is 11.5 Å². The minimum Gasteiger partial charge on any atom is -0.493 e. The number of aryl methyl sites for hydroxylation is 2. The molecule has 1 aromatic heterocycles. The summed E-state index contributed by atoms with van der Waals surface area (Å²) < 4.78 is 15.7. The van der Waals surface area contributed by atoms with Crippen LogP contribution in [-0.4, -0.2) is 54.7 Å². The molecule has 0 aliphatic carbocycles. The maximum absolute atomic E-state index is 5.48. The first-order chi connectivity index (χ1) is 13.0.